The molecule has 3 heteroatoms. The SMILES string of the molecule is C=Cc1nc(C)nc(C=C)n1. The molecule has 0 fully saturated rings. The van der Waals surface area contributed by atoms with Gasteiger partial charge in [-0.1, -0.05) is 13.2 Å². The van der Waals surface area contributed by atoms with Gasteiger partial charge in [0, 0.05) is 0 Å². The lowest BCUT2D eigenvalue weighted by atomic mass is 10.5. The molecule has 0 radical (unpaired) electrons. The number of nitrogens with zero attached hydrogens (tertiary/aromatic N) is 3. The van der Waals surface area contributed by atoms with Gasteiger partial charge in [0.25, 0.3) is 0 Å². The lowest BCUT2D eigenvalue weighted by molar-refractivity contribution is 0.945. The monoisotopic (exact) mass is 147 g/mol. The van der Waals surface area contributed by atoms with Gasteiger partial charge in [-0.15, -0.1) is 0 Å². The maximum absolute atomic E-state index is 4.01. The molecule has 0 saturated heterocycles. The number of hydrogen-bond acceptors (Lipinski definition) is 3. The van der Waals surface area contributed by atoms with Crippen molar-refractivity contribution in [2.75, 3.05) is 0 Å². The molecule has 1 rings (SSSR count). The zero-order valence-corrected chi connectivity index (χ0v) is 6.41. The van der Waals surface area contributed by atoms with E-state index < -0.39 is 0 Å². The summed E-state index contributed by atoms with van der Waals surface area (Å²) < 4.78 is 0. The van der Waals surface area contributed by atoms with Crippen molar-refractivity contribution in [3.05, 3.63) is 30.6 Å². The molecule has 0 aliphatic heterocycles. The van der Waals surface area contributed by atoms with Crippen molar-refractivity contribution in [1.29, 1.82) is 0 Å². The molecule has 1 heterocycles. The smallest absolute Gasteiger partial charge is 0.155 e. The number of aryl methyl sites for hydroxylation is 1. The minimum absolute atomic E-state index is 0.590. The van der Waals surface area contributed by atoms with E-state index in [0.29, 0.717) is 17.5 Å². The predicted molar refractivity (Wildman–Crippen MR) is 44.7 cm³/mol. The first-order valence-electron chi connectivity index (χ1n) is 3.24. The van der Waals surface area contributed by atoms with Crippen LogP contribution in [-0.4, -0.2) is 15.0 Å². The third-order valence-corrected chi connectivity index (χ3v) is 1.15. The topological polar surface area (TPSA) is 38.7 Å². The van der Waals surface area contributed by atoms with E-state index in [1.54, 1.807) is 12.2 Å². The zero-order valence-electron chi connectivity index (χ0n) is 6.41. The summed E-state index contributed by atoms with van der Waals surface area (Å²) in [6, 6.07) is 0. The Balaban J connectivity index is 3.21. The summed E-state index contributed by atoms with van der Waals surface area (Å²) in [7, 11) is 0. The maximum Gasteiger partial charge on any atom is 0.155 e. The van der Waals surface area contributed by atoms with Crippen LogP contribution < -0.4 is 0 Å². The van der Waals surface area contributed by atoms with Crippen LogP contribution in [0.15, 0.2) is 13.2 Å². The van der Waals surface area contributed by atoms with Crippen molar-refractivity contribution >= 4 is 12.2 Å². The first kappa shape index (κ1) is 7.60. The Bertz CT molecular complexity index is 265. The summed E-state index contributed by atoms with van der Waals surface area (Å²) in [6.07, 6.45) is 3.17. The largest absolute Gasteiger partial charge is 0.214 e. The molecule has 3 nitrogen and oxygen atoms in total. The quantitative estimate of drug-likeness (QED) is 0.635. The van der Waals surface area contributed by atoms with E-state index in [2.05, 4.69) is 28.1 Å². The van der Waals surface area contributed by atoms with Crippen LogP contribution >= 0.6 is 0 Å². The normalized spacial score (nSPS) is 9.18. The minimum Gasteiger partial charge on any atom is -0.214 e. The van der Waals surface area contributed by atoms with Crippen molar-refractivity contribution in [3.63, 3.8) is 0 Å². The fraction of sp³-hybridized carbons (Fsp3) is 0.125. The average molecular weight is 147 g/mol. The molecule has 0 unspecified atom stereocenters. The van der Waals surface area contributed by atoms with E-state index in [-0.39, 0.29) is 0 Å². The summed E-state index contributed by atoms with van der Waals surface area (Å²) in [6.45, 7) is 8.93. The van der Waals surface area contributed by atoms with Crippen molar-refractivity contribution in [1.82, 2.24) is 15.0 Å². The molecule has 0 aliphatic carbocycles. The fourth-order valence-electron chi connectivity index (χ4n) is 0.706. The van der Waals surface area contributed by atoms with Crippen molar-refractivity contribution in [2.45, 2.75) is 6.92 Å². The van der Waals surface area contributed by atoms with Gasteiger partial charge in [-0.2, -0.15) is 0 Å². The highest BCUT2D eigenvalue weighted by Gasteiger charge is 1.95. The van der Waals surface area contributed by atoms with Gasteiger partial charge in [0.2, 0.25) is 0 Å². The third-order valence-electron chi connectivity index (χ3n) is 1.15. The van der Waals surface area contributed by atoms with Crippen molar-refractivity contribution in [3.8, 4) is 0 Å². The summed E-state index contributed by atoms with van der Waals surface area (Å²) in [5, 5.41) is 0. The van der Waals surface area contributed by atoms with E-state index in [1.165, 1.54) is 0 Å². The van der Waals surface area contributed by atoms with E-state index in [1.807, 2.05) is 6.92 Å². The molecular weight excluding hydrogens is 138 g/mol. The molecule has 0 aromatic carbocycles. The third kappa shape index (κ3) is 1.70. The van der Waals surface area contributed by atoms with Crippen LogP contribution in [0.3, 0.4) is 0 Å². The second kappa shape index (κ2) is 3.05. The van der Waals surface area contributed by atoms with E-state index in [0.717, 1.165) is 0 Å². The average Bonchev–Trinajstić information content (AvgIpc) is 2.03. The molecule has 0 atom stereocenters. The molecule has 0 bridgehead atoms. The number of rotatable bonds is 2. The Morgan fingerprint density at radius 2 is 1.45 bits per heavy atom. The highest BCUT2D eigenvalue weighted by atomic mass is 15.0. The molecule has 0 spiro atoms. The van der Waals surface area contributed by atoms with E-state index in [9.17, 15) is 0 Å². The van der Waals surface area contributed by atoms with Gasteiger partial charge in [-0.3, -0.25) is 0 Å². The Kier molecular flexibility index (Phi) is 2.11. The number of aromatic nitrogens is 3. The highest BCUT2D eigenvalue weighted by molar-refractivity contribution is 5.41. The first-order chi connectivity index (χ1) is 5.26. The predicted octanol–water partition coefficient (Wildman–Crippen LogP) is 1.47. The second-order valence-corrected chi connectivity index (χ2v) is 2.01. The Morgan fingerprint density at radius 3 is 1.82 bits per heavy atom. The van der Waals surface area contributed by atoms with Crippen LogP contribution in [0.1, 0.15) is 17.5 Å². The fourth-order valence-corrected chi connectivity index (χ4v) is 0.706. The molecule has 0 saturated carbocycles. The molecule has 0 N–H and O–H groups in total. The lowest BCUT2D eigenvalue weighted by Crippen LogP contribution is -1.97. The van der Waals surface area contributed by atoms with Gasteiger partial charge in [-0.05, 0) is 19.1 Å². The van der Waals surface area contributed by atoms with Crippen LogP contribution in [-0.2, 0) is 0 Å². The molecule has 11 heavy (non-hydrogen) atoms. The standard InChI is InChI=1S/C8H9N3/c1-4-7-9-6(3)10-8(5-2)11-7/h4-5H,1-2H2,3H3. The maximum atomic E-state index is 4.01. The Morgan fingerprint density at radius 1 is 1.00 bits per heavy atom. The Hall–Kier alpha value is -1.51. The van der Waals surface area contributed by atoms with E-state index in [4.69, 9.17) is 0 Å². The molecule has 1 aromatic rings. The van der Waals surface area contributed by atoms with Crippen LogP contribution in [0.25, 0.3) is 12.2 Å². The minimum atomic E-state index is 0.590. The molecule has 0 aliphatic rings. The number of hydrogen-bond donors (Lipinski definition) is 0. The van der Waals surface area contributed by atoms with Crippen molar-refractivity contribution < 1.29 is 0 Å². The van der Waals surface area contributed by atoms with Crippen LogP contribution in [0.4, 0.5) is 0 Å². The van der Waals surface area contributed by atoms with Crippen LogP contribution in [0.5, 0.6) is 0 Å². The zero-order chi connectivity index (χ0) is 8.27. The van der Waals surface area contributed by atoms with Crippen LogP contribution in [0.2, 0.25) is 0 Å². The Labute approximate surface area is 65.5 Å². The van der Waals surface area contributed by atoms with Gasteiger partial charge in [0.05, 0.1) is 0 Å². The summed E-state index contributed by atoms with van der Waals surface area (Å²) in [4.78, 5) is 12.0. The van der Waals surface area contributed by atoms with Gasteiger partial charge in [0.1, 0.15) is 5.82 Å². The van der Waals surface area contributed by atoms with Gasteiger partial charge in [0.15, 0.2) is 11.6 Å². The highest BCUT2D eigenvalue weighted by Crippen LogP contribution is 1.97. The molecule has 56 valence electrons. The van der Waals surface area contributed by atoms with Gasteiger partial charge in [-0.25, -0.2) is 15.0 Å². The van der Waals surface area contributed by atoms with Gasteiger partial charge >= 0.3 is 0 Å². The first-order valence-corrected chi connectivity index (χ1v) is 3.24. The molecule has 1 aromatic heterocycles. The summed E-state index contributed by atoms with van der Waals surface area (Å²) in [5.74, 6) is 1.87. The molecule has 0 amide bonds. The van der Waals surface area contributed by atoms with Gasteiger partial charge < -0.3 is 0 Å². The van der Waals surface area contributed by atoms with E-state index >= 15 is 0 Å². The van der Waals surface area contributed by atoms with Crippen LogP contribution in [0, 0.1) is 6.92 Å². The lowest BCUT2D eigenvalue weighted by Gasteiger charge is -1.95. The second-order valence-electron chi connectivity index (χ2n) is 2.01. The summed E-state index contributed by atoms with van der Waals surface area (Å²) >= 11 is 0. The van der Waals surface area contributed by atoms with Crippen molar-refractivity contribution in [2.24, 2.45) is 0 Å². The molecular formula is C8H9N3. The summed E-state index contributed by atoms with van der Waals surface area (Å²) in [5.41, 5.74) is 0.